The molecule has 2 aromatic rings. The molecule has 1 aliphatic rings. The van der Waals surface area contributed by atoms with Crippen molar-refractivity contribution in [2.75, 3.05) is 32.7 Å². The number of hydrogen-bond donors (Lipinski definition) is 1. The minimum absolute atomic E-state index is 0.0695. The predicted molar refractivity (Wildman–Crippen MR) is 92.4 cm³/mol. The number of β-amino-alcohol motifs (C(OH)–C–C–N with tert-alkyl or cyclic N) is 1. The van der Waals surface area contributed by atoms with Gasteiger partial charge in [-0.25, -0.2) is 4.39 Å². The summed E-state index contributed by atoms with van der Waals surface area (Å²) in [6, 6.07) is 9.95. The summed E-state index contributed by atoms with van der Waals surface area (Å²) in [4.78, 5) is 17.3. The molecule has 1 amide bonds. The number of rotatable bonds is 5. The van der Waals surface area contributed by atoms with Crippen molar-refractivity contribution in [3.8, 4) is 0 Å². The number of piperazine rings is 1. The number of carbonyl (C=O) groups excluding carboxylic acids is 1. The Morgan fingerprint density at radius 2 is 1.88 bits per heavy atom. The van der Waals surface area contributed by atoms with Crippen molar-refractivity contribution in [1.82, 2.24) is 9.80 Å². The summed E-state index contributed by atoms with van der Waals surface area (Å²) in [6.07, 6.45) is -0.163. The Balaban J connectivity index is 1.46. The third-order valence-electron chi connectivity index (χ3n) is 4.30. The molecule has 1 aliphatic heterocycles. The summed E-state index contributed by atoms with van der Waals surface area (Å²) >= 11 is 1.56. The van der Waals surface area contributed by atoms with Gasteiger partial charge in [0, 0.05) is 37.6 Å². The molecule has 1 aromatic heterocycles. The number of hydrogen-bond acceptors (Lipinski definition) is 4. The number of benzene rings is 1. The van der Waals surface area contributed by atoms with Gasteiger partial charge in [0.15, 0.2) is 0 Å². The van der Waals surface area contributed by atoms with Crippen molar-refractivity contribution in [3.63, 3.8) is 0 Å². The Morgan fingerprint density at radius 1 is 1.17 bits per heavy atom. The number of aliphatic hydroxyl groups excluding tert-OH is 1. The van der Waals surface area contributed by atoms with E-state index in [0.717, 1.165) is 23.5 Å². The molecular weight excluding hydrogens is 327 g/mol. The van der Waals surface area contributed by atoms with Crippen LogP contribution in [0.3, 0.4) is 0 Å². The number of nitrogens with zero attached hydrogens (tertiary/aromatic N) is 2. The highest BCUT2D eigenvalue weighted by atomic mass is 32.1. The molecule has 2 heterocycles. The number of carbonyl (C=O) groups is 1. The molecule has 24 heavy (non-hydrogen) atoms. The average Bonchev–Trinajstić information content (AvgIpc) is 3.12. The molecule has 1 fully saturated rings. The smallest absolute Gasteiger partial charge is 0.227 e. The van der Waals surface area contributed by atoms with Gasteiger partial charge in [0.1, 0.15) is 11.9 Å². The normalized spacial score (nSPS) is 17.0. The molecule has 0 bridgehead atoms. The van der Waals surface area contributed by atoms with Gasteiger partial charge in [0.05, 0.1) is 6.42 Å². The molecule has 0 spiro atoms. The number of halogens is 1. The van der Waals surface area contributed by atoms with Crippen LogP contribution in [0.2, 0.25) is 0 Å². The van der Waals surface area contributed by atoms with E-state index in [1.165, 1.54) is 12.1 Å². The van der Waals surface area contributed by atoms with E-state index in [1.54, 1.807) is 23.5 Å². The van der Waals surface area contributed by atoms with E-state index in [9.17, 15) is 14.3 Å². The highest BCUT2D eigenvalue weighted by molar-refractivity contribution is 7.10. The van der Waals surface area contributed by atoms with Gasteiger partial charge in [0.2, 0.25) is 5.91 Å². The highest BCUT2D eigenvalue weighted by Gasteiger charge is 2.23. The SMILES string of the molecule is O=C(Cc1ccc(F)cc1)N1CCN(C[C@@H](O)c2cccs2)CC1. The molecule has 128 valence electrons. The van der Waals surface area contributed by atoms with Gasteiger partial charge >= 0.3 is 0 Å². The van der Waals surface area contributed by atoms with E-state index >= 15 is 0 Å². The number of aliphatic hydroxyl groups is 1. The van der Waals surface area contributed by atoms with Gasteiger partial charge in [-0.15, -0.1) is 11.3 Å². The van der Waals surface area contributed by atoms with Crippen molar-refractivity contribution in [2.45, 2.75) is 12.5 Å². The van der Waals surface area contributed by atoms with Crippen LogP contribution in [0.1, 0.15) is 16.5 Å². The highest BCUT2D eigenvalue weighted by Crippen LogP contribution is 2.20. The van der Waals surface area contributed by atoms with Gasteiger partial charge in [-0.3, -0.25) is 9.69 Å². The molecule has 1 aromatic carbocycles. The van der Waals surface area contributed by atoms with Crippen LogP contribution in [-0.4, -0.2) is 53.5 Å². The fourth-order valence-corrected chi connectivity index (χ4v) is 3.59. The Kier molecular flexibility index (Phi) is 5.60. The fourth-order valence-electron chi connectivity index (χ4n) is 2.88. The minimum atomic E-state index is -0.466. The molecule has 6 heteroatoms. The quantitative estimate of drug-likeness (QED) is 0.902. The third kappa shape index (κ3) is 4.41. The Labute approximate surface area is 145 Å². The summed E-state index contributed by atoms with van der Waals surface area (Å²) in [5.41, 5.74) is 0.831. The van der Waals surface area contributed by atoms with E-state index in [-0.39, 0.29) is 11.7 Å². The van der Waals surface area contributed by atoms with E-state index in [4.69, 9.17) is 0 Å². The maximum atomic E-state index is 12.9. The van der Waals surface area contributed by atoms with E-state index < -0.39 is 6.10 Å². The van der Waals surface area contributed by atoms with Crippen LogP contribution >= 0.6 is 11.3 Å². The zero-order chi connectivity index (χ0) is 16.9. The lowest BCUT2D eigenvalue weighted by Gasteiger charge is -2.35. The predicted octanol–water partition coefficient (Wildman–Crippen LogP) is 2.31. The molecule has 0 unspecified atom stereocenters. The second-order valence-corrected chi connectivity index (χ2v) is 7.00. The second kappa shape index (κ2) is 7.88. The Hall–Kier alpha value is -1.76. The summed E-state index contributed by atoms with van der Waals surface area (Å²) in [5, 5.41) is 12.2. The Morgan fingerprint density at radius 3 is 2.50 bits per heavy atom. The van der Waals surface area contributed by atoms with Crippen LogP contribution in [0.4, 0.5) is 4.39 Å². The largest absolute Gasteiger partial charge is 0.386 e. The van der Waals surface area contributed by atoms with Crippen molar-refractivity contribution < 1.29 is 14.3 Å². The summed E-state index contributed by atoms with van der Waals surface area (Å²) in [6.45, 7) is 3.45. The lowest BCUT2D eigenvalue weighted by atomic mass is 10.1. The van der Waals surface area contributed by atoms with Crippen molar-refractivity contribution in [1.29, 1.82) is 0 Å². The average molecular weight is 348 g/mol. The lowest BCUT2D eigenvalue weighted by molar-refractivity contribution is -0.132. The molecule has 0 radical (unpaired) electrons. The van der Waals surface area contributed by atoms with Crippen LogP contribution in [0.25, 0.3) is 0 Å². The number of amides is 1. The first-order chi connectivity index (χ1) is 11.6. The van der Waals surface area contributed by atoms with Crippen molar-refractivity contribution in [3.05, 3.63) is 58.0 Å². The maximum Gasteiger partial charge on any atom is 0.227 e. The van der Waals surface area contributed by atoms with E-state index in [1.807, 2.05) is 22.4 Å². The summed E-state index contributed by atoms with van der Waals surface area (Å²) in [5.74, 6) is -0.218. The van der Waals surface area contributed by atoms with Crippen molar-refractivity contribution >= 4 is 17.2 Å². The fraction of sp³-hybridized carbons (Fsp3) is 0.389. The van der Waals surface area contributed by atoms with Gasteiger partial charge in [-0.1, -0.05) is 18.2 Å². The van der Waals surface area contributed by atoms with Crippen LogP contribution in [0.15, 0.2) is 41.8 Å². The molecule has 0 aliphatic carbocycles. The molecule has 1 atom stereocenters. The topological polar surface area (TPSA) is 43.8 Å². The van der Waals surface area contributed by atoms with Gasteiger partial charge in [0.25, 0.3) is 0 Å². The minimum Gasteiger partial charge on any atom is -0.386 e. The van der Waals surface area contributed by atoms with Gasteiger partial charge in [-0.2, -0.15) is 0 Å². The first-order valence-corrected chi connectivity index (χ1v) is 8.96. The first kappa shape index (κ1) is 17.1. The molecule has 0 saturated carbocycles. The summed E-state index contributed by atoms with van der Waals surface area (Å²) < 4.78 is 12.9. The maximum absolute atomic E-state index is 12.9. The standard InChI is InChI=1S/C18H21FN2O2S/c19-15-5-3-14(4-6-15)12-18(23)21-9-7-20(8-10-21)13-16(22)17-2-1-11-24-17/h1-6,11,16,22H,7-10,12-13H2/t16-/m1/s1. The second-order valence-electron chi connectivity index (χ2n) is 6.02. The zero-order valence-electron chi connectivity index (χ0n) is 13.4. The van der Waals surface area contributed by atoms with Crippen LogP contribution in [-0.2, 0) is 11.2 Å². The molecule has 3 rings (SSSR count). The van der Waals surface area contributed by atoms with Crippen LogP contribution in [0.5, 0.6) is 0 Å². The molecule has 1 saturated heterocycles. The third-order valence-corrected chi connectivity index (χ3v) is 5.27. The number of thiophene rings is 1. The molecule has 4 nitrogen and oxygen atoms in total. The van der Waals surface area contributed by atoms with Crippen LogP contribution < -0.4 is 0 Å². The Bertz CT molecular complexity index is 652. The van der Waals surface area contributed by atoms with Gasteiger partial charge < -0.3 is 10.0 Å². The molecular formula is C18H21FN2O2S. The lowest BCUT2D eigenvalue weighted by Crippen LogP contribution is -2.49. The monoisotopic (exact) mass is 348 g/mol. The summed E-state index contributed by atoms with van der Waals surface area (Å²) in [7, 11) is 0. The first-order valence-electron chi connectivity index (χ1n) is 8.08. The van der Waals surface area contributed by atoms with E-state index in [0.29, 0.717) is 26.1 Å². The van der Waals surface area contributed by atoms with Gasteiger partial charge in [-0.05, 0) is 29.1 Å². The van der Waals surface area contributed by atoms with E-state index in [2.05, 4.69) is 4.90 Å². The van der Waals surface area contributed by atoms with Crippen LogP contribution in [0, 0.1) is 5.82 Å². The van der Waals surface area contributed by atoms with Crippen molar-refractivity contribution in [2.24, 2.45) is 0 Å². The zero-order valence-corrected chi connectivity index (χ0v) is 14.2. The molecule has 1 N–H and O–H groups in total.